The number of anilines is 1. The summed E-state index contributed by atoms with van der Waals surface area (Å²) in [5.74, 6) is -2.30. The van der Waals surface area contributed by atoms with E-state index in [-0.39, 0.29) is 10.6 Å². The van der Waals surface area contributed by atoms with E-state index in [1.165, 1.54) is 6.08 Å². The van der Waals surface area contributed by atoms with E-state index in [4.69, 9.17) is 21.1 Å². The van der Waals surface area contributed by atoms with Crippen molar-refractivity contribution in [2.45, 2.75) is 13.5 Å². The number of nitrogens with zero attached hydrogens (tertiary/aromatic N) is 1. The second kappa shape index (κ2) is 12.1. The van der Waals surface area contributed by atoms with E-state index in [9.17, 15) is 23.2 Å². The second-order valence-corrected chi connectivity index (χ2v) is 9.42. The van der Waals surface area contributed by atoms with Gasteiger partial charge in [-0.3, -0.25) is 19.3 Å². The van der Waals surface area contributed by atoms with Gasteiger partial charge in [0.2, 0.25) is 5.91 Å². The van der Waals surface area contributed by atoms with Gasteiger partial charge in [-0.15, -0.1) is 0 Å². The van der Waals surface area contributed by atoms with Crippen LogP contribution in [0.4, 0.5) is 19.3 Å². The van der Waals surface area contributed by atoms with Crippen LogP contribution in [-0.2, 0) is 16.2 Å². The number of benzene rings is 3. The van der Waals surface area contributed by atoms with Gasteiger partial charge in [-0.25, -0.2) is 8.78 Å². The van der Waals surface area contributed by atoms with Crippen LogP contribution in [0.1, 0.15) is 18.1 Å². The Morgan fingerprint density at radius 2 is 1.79 bits per heavy atom. The number of carbonyl (C=O) groups is 3. The van der Waals surface area contributed by atoms with Crippen molar-refractivity contribution in [1.29, 1.82) is 0 Å². The molecule has 0 atom stereocenters. The van der Waals surface area contributed by atoms with Crippen LogP contribution < -0.4 is 14.8 Å². The van der Waals surface area contributed by atoms with Gasteiger partial charge in [0.15, 0.2) is 11.5 Å². The fraction of sp³-hybridized carbons (Fsp3) is 0.148. The number of imide groups is 1. The molecule has 1 N–H and O–H groups in total. The number of amides is 3. The normalized spacial score (nSPS) is 14.2. The zero-order valence-electron chi connectivity index (χ0n) is 20.0. The van der Waals surface area contributed by atoms with Crippen LogP contribution in [0.15, 0.2) is 65.6 Å². The molecule has 3 aromatic carbocycles. The van der Waals surface area contributed by atoms with Crippen LogP contribution in [0.2, 0.25) is 5.02 Å². The van der Waals surface area contributed by atoms with Crippen molar-refractivity contribution in [2.24, 2.45) is 0 Å². The molecule has 38 heavy (non-hydrogen) atoms. The molecule has 1 aliphatic heterocycles. The molecule has 3 aromatic rings. The maximum Gasteiger partial charge on any atom is 0.294 e. The molecule has 7 nitrogen and oxygen atoms in total. The molecule has 0 aliphatic carbocycles. The second-order valence-electron chi connectivity index (χ2n) is 7.99. The topological polar surface area (TPSA) is 84.9 Å². The molecule has 1 heterocycles. The standard InChI is InChI=1S/C27H21ClF2N2O5S/c1-2-36-23-11-17(5-10-22(23)37-15-16-3-6-18(28)7-4-16)12-24-26(34)32(27(35)38-24)14-25(33)31-21-9-8-19(29)13-20(21)30/h3-13H,2,14-15H2,1H3,(H,31,33)/b24-12+. The van der Waals surface area contributed by atoms with Gasteiger partial charge in [0.05, 0.1) is 17.2 Å². The first kappa shape index (κ1) is 27.2. The average Bonchev–Trinajstić information content (AvgIpc) is 3.13. The number of carbonyl (C=O) groups excluding carboxylic acids is 3. The summed E-state index contributed by atoms with van der Waals surface area (Å²) in [4.78, 5) is 38.4. The van der Waals surface area contributed by atoms with Gasteiger partial charge in [0, 0.05) is 11.1 Å². The van der Waals surface area contributed by atoms with E-state index in [0.717, 1.165) is 22.6 Å². The Kier molecular flexibility index (Phi) is 8.65. The molecular weight excluding hydrogens is 538 g/mol. The average molecular weight is 559 g/mol. The third-order valence-corrected chi connectivity index (χ3v) is 6.41. The predicted molar refractivity (Wildman–Crippen MR) is 141 cm³/mol. The first-order chi connectivity index (χ1) is 18.2. The number of nitrogens with one attached hydrogen (secondary N) is 1. The minimum Gasteiger partial charge on any atom is -0.490 e. The zero-order chi connectivity index (χ0) is 27.2. The highest BCUT2D eigenvalue weighted by atomic mass is 35.5. The molecule has 1 fully saturated rings. The van der Waals surface area contributed by atoms with Crippen molar-refractivity contribution in [3.8, 4) is 11.5 Å². The van der Waals surface area contributed by atoms with Gasteiger partial charge in [-0.2, -0.15) is 0 Å². The summed E-state index contributed by atoms with van der Waals surface area (Å²) in [5, 5.41) is 2.21. The minimum atomic E-state index is -0.974. The van der Waals surface area contributed by atoms with Gasteiger partial charge >= 0.3 is 0 Å². The summed E-state index contributed by atoms with van der Waals surface area (Å²) in [7, 11) is 0. The van der Waals surface area contributed by atoms with Crippen LogP contribution in [0.5, 0.6) is 11.5 Å². The first-order valence-corrected chi connectivity index (χ1v) is 12.6. The number of ether oxygens (including phenoxy) is 2. The SMILES string of the molecule is CCOc1cc(/C=C2/SC(=O)N(CC(=O)Nc3ccc(F)cc3F)C2=O)ccc1OCc1ccc(Cl)cc1. The first-order valence-electron chi connectivity index (χ1n) is 11.4. The Labute approximate surface area is 226 Å². The lowest BCUT2D eigenvalue weighted by atomic mass is 10.1. The van der Waals surface area contributed by atoms with E-state index in [2.05, 4.69) is 5.32 Å². The molecule has 0 radical (unpaired) electrons. The fourth-order valence-electron chi connectivity index (χ4n) is 3.46. The third kappa shape index (κ3) is 6.70. The summed E-state index contributed by atoms with van der Waals surface area (Å²) in [6.07, 6.45) is 1.51. The smallest absolute Gasteiger partial charge is 0.294 e. The van der Waals surface area contributed by atoms with Crippen molar-refractivity contribution in [2.75, 3.05) is 18.5 Å². The van der Waals surface area contributed by atoms with E-state index in [1.54, 1.807) is 30.3 Å². The monoisotopic (exact) mass is 558 g/mol. The number of thioether (sulfide) groups is 1. The molecular formula is C27H21ClF2N2O5S. The van der Waals surface area contributed by atoms with E-state index >= 15 is 0 Å². The molecule has 1 aliphatic rings. The highest BCUT2D eigenvalue weighted by Crippen LogP contribution is 2.35. The van der Waals surface area contributed by atoms with Crippen LogP contribution >= 0.6 is 23.4 Å². The Bertz CT molecular complexity index is 1420. The maximum absolute atomic E-state index is 13.8. The summed E-state index contributed by atoms with van der Waals surface area (Å²) in [6.45, 7) is 1.87. The van der Waals surface area contributed by atoms with E-state index in [1.807, 2.05) is 19.1 Å². The lowest BCUT2D eigenvalue weighted by molar-refractivity contribution is -0.127. The largest absolute Gasteiger partial charge is 0.490 e. The van der Waals surface area contributed by atoms with Gasteiger partial charge in [0.25, 0.3) is 11.1 Å². The zero-order valence-corrected chi connectivity index (χ0v) is 21.6. The molecule has 4 rings (SSSR count). The molecule has 1 saturated heterocycles. The Morgan fingerprint density at radius 3 is 2.50 bits per heavy atom. The molecule has 0 spiro atoms. The lowest BCUT2D eigenvalue weighted by Gasteiger charge is -2.13. The number of rotatable bonds is 9. The predicted octanol–water partition coefficient (Wildman–Crippen LogP) is 6.27. The summed E-state index contributed by atoms with van der Waals surface area (Å²) >= 11 is 6.59. The third-order valence-electron chi connectivity index (χ3n) is 5.25. The summed E-state index contributed by atoms with van der Waals surface area (Å²) < 4.78 is 38.5. The summed E-state index contributed by atoms with van der Waals surface area (Å²) in [5.41, 5.74) is 1.23. The fourth-order valence-corrected chi connectivity index (χ4v) is 4.42. The van der Waals surface area contributed by atoms with Gasteiger partial charge in [0.1, 0.15) is 24.8 Å². The van der Waals surface area contributed by atoms with Gasteiger partial charge in [-0.1, -0.05) is 29.8 Å². The number of halogens is 3. The molecule has 0 aromatic heterocycles. The lowest BCUT2D eigenvalue weighted by Crippen LogP contribution is -2.36. The van der Waals surface area contributed by atoms with Gasteiger partial charge in [-0.05, 0) is 72.3 Å². The highest BCUT2D eigenvalue weighted by Gasteiger charge is 2.36. The number of hydrogen-bond donors (Lipinski definition) is 1. The van der Waals surface area contributed by atoms with Crippen molar-refractivity contribution < 1.29 is 32.6 Å². The highest BCUT2D eigenvalue weighted by molar-refractivity contribution is 8.18. The molecule has 196 valence electrons. The van der Waals surface area contributed by atoms with E-state index in [0.29, 0.717) is 53.1 Å². The van der Waals surface area contributed by atoms with Crippen LogP contribution in [-0.4, -0.2) is 35.1 Å². The van der Waals surface area contributed by atoms with E-state index < -0.39 is 35.2 Å². The Balaban J connectivity index is 1.44. The summed E-state index contributed by atoms with van der Waals surface area (Å²) in [6, 6.07) is 15.0. The molecule has 11 heteroatoms. The number of hydrogen-bond acceptors (Lipinski definition) is 6. The molecule has 0 unspecified atom stereocenters. The van der Waals surface area contributed by atoms with Crippen molar-refractivity contribution in [3.63, 3.8) is 0 Å². The van der Waals surface area contributed by atoms with Crippen LogP contribution in [0, 0.1) is 11.6 Å². The Hall–Kier alpha value is -3.89. The van der Waals surface area contributed by atoms with Crippen molar-refractivity contribution in [3.05, 3.63) is 93.4 Å². The minimum absolute atomic E-state index is 0.105. The maximum atomic E-state index is 13.8. The molecule has 3 amide bonds. The molecule has 0 saturated carbocycles. The van der Waals surface area contributed by atoms with Crippen molar-refractivity contribution in [1.82, 2.24) is 4.90 Å². The van der Waals surface area contributed by atoms with Crippen LogP contribution in [0.3, 0.4) is 0 Å². The van der Waals surface area contributed by atoms with Gasteiger partial charge < -0.3 is 14.8 Å². The van der Waals surface area contributed by atoms with Crippen LogP contribution in [0.25, 0.3) is 6.08 Å². The quantitative estimate of drug-likeness (QED) is 0.312. The molecule has 0 bridgehead atoms. The Morgan fingerprint density at radius 1 is 1.03 bits per heavy atom. The van der Waals surface area contributed by atoms with Crippen molar-refractivity contribution >= 4 is 52.2 Å².